The fourth-order valence-electron chi connectivity index (χ4n) is 1.96. The van der Waals surface area contributed by atoms with Gasteiger partial charge in [0, 0.05) is 11.9 Å². The average Bonchev–Trinajstić information content (AvgIpc) is 2.90. The first-order chi connectivity index (χ1) is 9.56. The average molecular weight is 274 g/mol. The summed E-state index contributed by atoms with van der Waals surface area (Å²) >= 11 is 0. The highest BCUT2D eigenvalue weighted by molar-refractivity contribution is 5.73. The molecule has 1 heterocycles. The van der Waals surface area contributed by atoms with Crippen molar-refractivity contribution in [2.45, 2.75) is 25.9 Å². The number of imidazole rings is 1. The number of aromatic nitrogens is 2. The van der Waals surface area contributed by atoms with Crippen LogP contribution in [-0.2, 0) is 17.8 Å². The first-order valence-electron chi connectivity index (χ1n) is 6.35. The molecule has 0 unspecified atom stereocenters. The second-order valence-corrected chi connectivity index (χ2v) is 4.73. The van der Waals surface area contributed by atoms with Gasteiger partial charge in [0.2, 0.25) is 0 Å². The molecule has 0 aliphatic rings. The van der Waals surface area contributed by atoms with Gasteiger partial charge in [0.05, 0.1) is 18.6 Å². The quantitative estimate of drug-likeness (QED) is 0.635. The minimum atomic E-state index is -0.982. The van der Waals surface area contributed by atoms with E-state index in [-0.39, 0.29) is 0 Å². The van der Waals surface area contributed by atoms with Crippen molar-refractivity contribution in [2.24, 2.45) is 5.73 Å². The highest BCUT2D eigenvalue weighted by Crippen LogP contribution is 2.18. The Labute approximate surface area is 117 Å². The fraction of sp³-hybridized carbons (Fsp3) is 0.286. The van der Waals surface area contributed by atoms with Crippen molar-refractivity contribution in [3.63, 3.8) is 0 Å². The second-order valence-electron chi connectivity index (χ2n) is 4.73. The summed E-state index contributed by atoms with van der Waals surface area (Å²) in [7, 11) is 0. The lowest BCUT2D eigenvalue weighted by Crippen LogP contribution is -2.32. The van der Waals surface area contributed by atoms with Gasteiger partial charge in [0.25, 0.3) is 0 Å². The number of aryl methyl sites for hydroxylation is 1. The Hall–Kier alpha value is -2.34. The highest BCUT2D eigenvalue weighted by Gasteiger charge is 2.12. The lowest BCUT2D eigenvalue weighted by Gasteiger charge is -2.12. The van der Waals surface area contributed by atoms with Crippen molar-refractivity contribution in [1.82, 2.24) is 9.97 Å². The van der Waals surface area contributed by atoms with Crippen molar-refractivity contribution >= 4 is 11.7 Å². The standard InChI is InChI=1S/C14H18N4O2/c1-9-4-10(5-12(15)14(19)20)2-3-13(9)17-7-11-6-16-8-18-11/h2-4,6,8,12,17H,5,7,15H2,1H3,(H,16,18)(H,19,20)/t12-/m0/s1. The summed E-state index contributed by atoms with van der Waals surface area (Å²) in [6.45, 7) is 2.64. The molecular weight excluding hydrogens is 256 g/mol. The second kappa shape index (κ2) is 6.21. The van der Waals surface area contributed by atoms with Crippen molar-refractivity contribution < 1.29 is 9.90 Å². The van der Waals surface area contributed by atoms with E-state index < -0.39 is 12.0 Å². The maximum absolute atomic E-state index is 10.7. The lowest BCUT2D eigenvalue weighted by atomic mass is 10.0. The molecule has 1 aromatic carbocycles. The monoisotopic (exact) mass is 274 g/mol. The zero-order valence-electron chi connectivity index (χ0n) is 11.3. The molecule has 0 aliphatic carbocycles. The molecule has 0 spiro atoms. The number of nitrogens with one attached hydrogen (secondary N) is 2. The van der Waals surface area contributed by atoms with Crippen LogP contribution in [-0.4, -0.2) is 27.1 Å². The Morgan fingerprint density at radius 2 is 2.35 bits per heavy atom. The smallest absolute Gasteiger partial charge is 0.320 e. The van der Waals surface area contributed by atoms with Crippen molar-refractivity contribution in [3.8, 4) is 0 Å². The molecular formula is C14H18N4O2. The fourth-order valence-corrected chi connectivity index (χ4v) is 1.96. The number of nitrogens with zero attached hydrogens (tertiary/aromatic N) is 1. The van der Waals surface area contributed by atoms with Crippen LogP contribution in [0.1, 0.15) is 16.8 Å². The molecule has 0 saturated carbocycles. The number of H-pyrrole nitrogens is 1. The van der Waals surface area contributed by atoms with Crippen LogP contribution < -0.4 is 11.1 Å². The van der Waals surface area contributed by atoms with E-state index in [0.717, 1.165) is 22.5 Å². The normalized spacial score (nSPS) is 12.1. The Morgan fingerprint density at radius 3 is 2.95 bits per heavy atom. The van der Waals surface area contributed by atoms with Gasteiger partial charge in [-0.3, -0.25) is 4.79 Å². The van der Waals surface area contributed by atoms with Crippen LogP contribution in [0.15, 0.2) is 30.7 Å². The number of rotatable bonds is 6. The molecule has 6 nitrogen and oxygen atoms in total. The largest absolute Gasteiger partial charge is 0.480 e. The Morgan fingerprint density at radius 1 is 1.55 bits per heavy atom. The van der Waals surface area contributed by atoms with E-state index in [1.165, 1.54) is 0 Å². The van der Waals surface area contributed by atoms with E-state index in [1.807, 2.05) is 25.1 Å². The number of hydrogen-bond acceptors (Lipinski definition) is 4. The van der Waals surface area contributed by atoms with E-state index in [9.17, 15) is 4.79 Å². The van der Waals surface area contributed by atoms with Crippen molar-refractivity contribution in [3.05, 3.63) is 47.5 Å². The molecule has 0 saturated heterocycles. The topological polar surface area (TPSA) is 104 Å². The van der Waals surface area contributed by atoms with Gasteiger partial charge < -0.3 is 21.1 Å². The van der Waals surface area contributed by atoms with E-state index >= 15 is 0 Å². The van der Waals surface area contributed by atoms with Crippen LogP contribution in [0.4, 0.5) is 5.69 Å². The van der Waals surface area contributed by atoms with E-state index in [2.05, 4.69) is 15.3 Å². The zero-order valence-corrected chi connectivity index (χ0v) is 11.3. The summed E-state index contributed by atoms with van der Waals surface area (Å²) in [6.07, 6.45) is 3.74. The summed E-state index contributed by atoms with van der Waals surface area (Å²) in [6, 6.07) is 4.93. The van der Waals surface area contributed by atoms with Gasteiger partial charge in [0.1, 0.15) is 6.04 Å². The Bertz CT molecular complexity index is 581. The minimum Gasteiger partial charge on any atom is -0.480 e. The number of benzene rings is 1. The number of nitrogens with two attached hydrogens (primary N) is 1. The summed E-state index contributed by atoms with van der Waals surface area (Å²) in [5, 5.41) is 12.1. The number of aromatic amines is 1. The van der Waals surface area contributed by atoms with Crippen molar-refractivity contribution in [2.75, 3.05) is 5.32 Å². The third-order valence-corrected chi connectivity index (χ3v) is 3.09. The maximum Gasteiger partial charge on any atom is 0.320 e. The first kappa shape index (κ1) is 14.1. The summed E-state index contributed by atoms with van der Waals surface area (Å²) in [5.41, 5.74) is 9.52. The van der Waals surface area contributed by atoms with Gasteiger partial charge in [-0.05, 0) is 30.5 Å². The molecule has 2 aromatic rings. The van der Waals surface area contributed by atoms with Gasteiger partial charge in [-0.1, -0.05) is 12.1 Å². The maximum atomic E-state index is 10.7. The molecule has 0 bridgehead atoms. The number of carbonyl (C=O) groups is 1. The number of carboxylic acid groups (broad SMARTS) is 1. The van der Waals surface area contributed by atoms with Crippen LogP contribution in [0, 0.1) is 6.92 Å². The number of hydrogen-bond donors (Lipinski definition) is 4. The predicted molar refractivity (Wildman–Crippen MR) is 76.4 cm³/mol. The first-order valence-corrected chi connectivity index (χ1v) is 6.35. The number of carboxylic acids is 1. The highest BCUT2D eigenvalue weighted by atomic mass is 16.4. The van der Waals surface area contributed by atoms with Crippen LogP contribution in [0.5, 0.6) is 0 Å². The van der Waals surface area contributed by atoms with Crippen LogP contribution in [0.2, 0.25) is 0 Å². The van der Waals surface area contributed by atoms with Gasteiger partial charge in [-0.25, -0.2) is 4.98 Å². The zero-order chi connectivity index (χ0) is 14.5. The molecule has 1 atom stereocenters. The summed E-state index contributed by atoms with van der Waals surface area (Å²) in [4.78, 5) is 17.7. The molecule has 0 aliphatic heterocycles. The molecule has 6 heteroatoms. The van der Waals surface area contributed by atoms with Gasteiger partial charge in [-0.2, -0.15) is 0 Å². The molecule has 0 radical (unpaired) electrons. The van der Waals surface area contributed by atoms with Crippen LogP contribution in [0.25, 0.3) is 0 Å². The molecule has 106 valence electrons. The number of aliphatic carboxylic acids is 1. The van der Waals surface area contributed by atoms with Crippen molar-refractivity contribution in [1.29, 1.82) is 0 Å². The third kappa shape index (κ3) is 3.58. The molecule has 0 fully saturated rings. The lowest BCUT2D eigenvalue weighted by molar-refractivity contribution is -0.138. The summed E-state index contributed by atoms with van der Waals surface area (Å²) < 4.78 is 0. The van der Waals surface area contributed by atoms with Crippen LogP contribution >= 0.6 is 0 Å². The molecule has 5 N–H and O–H groups in total. The van der Waals surface area contributed by atoms with Gasteiger partial charge in [0.15, 0.2) is 0 Å². The van der Waals surface area contributed by atoms with E-state index in [0.29, 0.717) is 13.0 Å². The number of anilines is 1. The summed E-state index contributed by atoms with van der Waals surface area (Å²) in [5.74, 6) is -0.982. The molecule has 2 rings (SSSR count). The minimum absolute atomic E-state index is 0.330. The van der Waals surface area contributed by atoms with Gasteiger partial charge >= 0.3 is 5.97 Å². The molecule has 20 heavy (non-hydrogen) atoms. The van der Waals surface area contributed by atoms with Crippen LogP contribution in [0.3, 0.4) is 0 Å². The molecule has 0 amide bonds. The van der Waals surface area contributed by atoms with Gasteiger partial charge in [-0.15, -0.1) is 0 Å². The molecule has 1 aromatic heterocycles. The third-order valence-electron chi connectivity index (χ3n) is 3.09. The SMILES string of the molecule is Cc1cc(C[C@H](N)C(=O)O)ccc1NCc1cnc[nH]1. The Balaban J connectivity index is 2.00. The van der Waals surface area contributed by atoms with E-state index in [1.54, 1.807) is 12.5 Å². The Kier molecular flexibility index (Phi) is 4.37. The van der Waals surface area contributed by atoms with E-state index in [4.69, 9.17) is 10.8 Å². The predicted octanol–water partition coefficient (Wildman–Crippen LogP) is 1.28.